The van der Waals surface area contributed by atoms with Crippen LogP contribution in [0.1, 0.15) is 0 Å². The van der Waals surface area contributed by atoms with Crippen LogP contribution in [-0.4, -0.2) is 11.5 Å². The lowest BCUT2D eigenvalue weighted by Crippen LogP contribution is -1.96. The lowest BCUT2D eigenvalue weighted by atomic mass is 10.3. The van der Waals surface area contributed by atoms with Crippen LogP contribution in [0.3, 0.4) is 0 Å². The van der Waals surface area contributed by atoms with Gasteiger partial charge >= 0.3 is 0 Å². The average Bonchev–Trinajstić information content (AvgIpc) is 2.57. The van der Waals surface area contributed by atoms with Gasteiger partial charge in [0, 0.05) is 6.54 Å². The lowest BCUT2D eigenvalue weighted by Gasteiger charge is -1.92. The van der Waals surface area contributed by atoms with Gasteiger partial charge in [-0.15, -0.1) is 6.58 Å². The molecule has 66 valence electrons. The summed E-state index contributed by atoms with van der Waals surface area (Å²) in [5.41, 5.74) is 1.67. The van der Waals surface area contributed by atoms with Gasteiger partial charge in [-0.2, -0.15) is 4.98 Å². The van der Waals surface area contributed by atoms with Crippen LogP contribution in [0.15, 0.2) is 41.3 Å². The summed E-state index contributed by atoms with van der Waals surface area (Å²) in [5, 5.41) is 2.99. The van der Waals surface area contributed by atoms with Gasteiger partial charge in [-0.05, 0) is 12.1 Å². The van der Waals surface area contributed by atoms with Crippen molar-refractivity contribution in [2.75, 3.05) is 11.9 Å². The molecule has 0 saturated heterocycles. The van der Waals surface area contributed by atoms with E-state index in [1.807, 2.05) is 24.3 Å². The summed E-state index contributed by atoms with van der Waals surface area (Å²) < 4.78 is 5.40. The highest BCUT2D eigenvalue weighted by molar-refractivity contribution is 5.74. The van der Waals surface area contributed by atoms with E-state index in [9.17, 15) is 0 Å². The zero-order valence-corrected chi connectivity index (χ0v) is 7.16. The van der Waals surface area contributed by atoms with Crippen molar-refractivity contribution in [2.45, 2.75) is 0 Å². The topological polar surface area (TPSA) is 38.1 Å². The van der Waals surface area contributed by atoms with Gasteiger partial charge in [0.05, 0.1) is 0 Å². The van der Waals surface area contributed by atoms with Crippen LogP contribution in [-0.2, 0) is 0 Å². The minimum absolute atomic E-state index is 0.543. The molecule has 1 heterocycles. The summed E-state index contributed by atoms with van der Waals surface area (Å²) in [7, 11) is 0. The maximum atomic E-state index is 5.40. The molecule has 0 spiro atoms. The van der Waals surface area contributed by atoms with E-state index in [1.165, 1.54) is 0 Å². The number of para-hydroxylation sites is 2. The normalized spacial score (nSPS) is 10.2. The standard InChI is InChI=1S/C10H10N2O/c1-2-7-11-10-12-8-5-3-4-6-9(8)13-10/h2-6H,1,7H2,(H,11,12). The summed E-state index contributed by atoms with van der Waals surface area (Å²) in [6, 6.07) is 8.20. The van der Waals surface area contributed by atoms with E-state index in [4.69, 9.17) is 4.42 Å². The van der Waals surface area contributed by atoms with Gasteiger partial charge in [-0.25, -0.2) is 0 Å². The Bertz CT molecular complexity index is 387. The molecule has 0 fully saturated rings. The molecule has 1 aromatic carbocycles. The van der Waals surface area contributed by atoms with E-state index in [2.05, 4.69) is 16.9 Å². The quantitative estimate of drug-likeness (QED) is 0.726. The second kappa shape index (κ2) is 3.31. The molecule has 1 aromatic heterocycles. The third-order valence-corrected chi connectivity index (χ3v) is 1.69. The number of oxazole rings is 1. The first kappa shape index (κ1) is 7.86. The Kier molecular flexibility index (Phi) is 2.00. The molecule has 2 aromatic rings. The molecule has 13 heavy (non-hydrogen) atoms. The highest BCUT2D eigenvalue weighted by Crippen LogP contribution is 2.17. The SMILES string of the molecule is C=CCNc1nc2ccccc2o1. The maximum Gasteiger partial charge on any atom is 0.295 e. The van der Waals surface area contributed by atoms with Crippen LogP contribution < -0.4 is 5.32 Å². The number of nitrogens with zero attached hydrogens (tertiary/aromatic N) is 1. The Morgan fingerprint density at radius 2 is 2.31 bits per heavy atom. The van der Waals surface area contributed by atoms with Gasteiger partial charge < -0.3 is 9.73 Å². The number of anilines is 1. The first-order chi connectivity index (χ1) is 6.40. The molecule has 0 amide bonds. The fraction of sp³-hybridized carbons (Fsp3) is 0.100. The third-order valence-electron chi connectivity index (χ3n) is 1.69. The Labute approximate surface area is 76.1 Å². The predicted molar refractivity (Wildman–Crippen MR) is 52.7 cm³/mol. The van der Waals surface area contributed by atoms with Crippen molar-refractivity contribution in [3.8, 4) is 0 Å². The number of hydrogen-bond donors (Lipinski definition) is 1. The van der Waals surface area contributed by atoms with E-state index < -0.39 is 0 Å². The number of rotatable bonds is 3. The number of benzene rings is 1. The predicted octanol–water partition coefficient (Wildman–Crippen LogP) is 2.43. The average molecular weight is 174 g/mol. The molecule has 0 unspecified atom stereocenters. The largest absolute Gasteiger partial charge is 0.424 e. The van der Waals surface area contributed by atoms with E-state index in [0.29, 0.717) is 12.6 Å². The second-order valence-corrected chi connectivity index (χ2v) is 2.66. The van der Waals surface area contributed by atoms with Gasteiger partial charge in [0.2, 0.25) is 0 Å². The Morgan fingerprint density at radius 3 is 3.08 bits per heavy atom. The molecule has 0 aliphatic heterocycles. The molecule has 0 saturated carbocycles. The molecule has 1 N–H and O–H groups in total. The molecule has 3 heteroatoms. The Morgan fingerprint density at radius 1 is 1.46 bits per heavy atom. The monoisotopic (exact) mass is 174 g/mol. The summed E-state index contributed by atoms with van der Waals surface area (Å²) >= 11 is 0. The molecule has 3 nitrogen and oxygen atoms in total. The number of hydrogen-bond acceptors (Lipinski definition) is 3. The van der Waals surface area contributed by atoms with Gasteiger partial charge in [-0.3, -0.25) is 0 Å². The first-order valence-electron chi connectivity index (χ1n) is 4.10. The van der Waals surface area contributed by atoms with Crippen molar-refractivity contribution >= 4 is 17.1 Å². The maximum absolute atomic E-state index is 5.40. The molecule has 0 radical (unpaired) electrons. The van der Waals surface area contributed by atoms with Gasteiger partial charge in [0.1, 0.15) is 5.52 Å². The van der Waals surface area contributed by atoms with Crippen molar-refractivity contribution in [3.05, 3.63) is 36.9 Å². The van der Waals surface area contributed by atoms with E-state index in [1.54, 1.807) is 6.08 Å². The zero-order chi connectivity index (χ0) is 9.10. The second-order valence-electron chi connectivity index (χ2n) is 2.66. The minimum Gasteiger partial charge on any atom is -0.424 e. The molecule has 0 atom stereocenters. The van der Waals surface area contributed by atoms with Crippen molar-refractivity contribution in [2.24, 2.45) is 0 Å². The summed E-state index contributed by atoms with van der Waals surface area (Å²) in [5.74, 6) is 0. The zero-order valence-electron chi connectivity index (χ0n) is 7.16. The van der Waals surface area contributed by atoms with Gasteiger partial charge in [0.25, 0.3) is 6.01 Å². The fourth-order valence-electron chi connectivity index (χ4n) is 1.11. The first-order valence-corrected chi connectivity index (χ1v) is 4.10. The van der Waals surface area contributed by atoms with Crippen molar-refractivity contribution in [1.29, 1.82) is 0 Å². The molecular formula is C10H10N2O. The van der Waals surface area contributed by atoms with Crippen LogP contribution in [0.2, 0.25) is 0 Å². The fourth-order valence-corrected chi connectivity index (χ4v) is 1.11. The summed E-state index contributed by atoms with van der Waals surface area (Å²) in [6.07, 6.45) is 1.76. The molecular weight excluding hydrogens is 164 g/mol. The van der Waals surface area contributed by atoms with E-state index in [0.717, 1.165) is 11.1 Å². The number of fused-ring (bicyclic) bond motifs is 1. The van der Waals surface area contributed by atoms with Gasteiger partial charge in [0.15, 0.2) is 5.58 Å². The van der Waals surface area contributed by atoms with Crippen molar-refractivity contribution < 1.29 is 4.42 Å². The molecule has 0 aliphatic rings. The summed E-state index contributed by atoms with van der Waals surface area (Å²) in [6.45, 7) is 4.26. The Hall–Kier alpha value is -1.77. The summed E-state index contributed by atoms with van der Waals surface area (Å²) in [4.78, 5) is 4.22. The van der Waals surface area contributed by atoms with E-state index in [-0.39, 0.29) is 0 Å². The molecule has 0 aliphatic carbocycles. The van der Waals surface area contributed by atoms with Crippen LogP contribution >= 0.6 is 0 Å². The van der Waals surface area contributed by atoms with Crippen LogP contribution in [0.25, 0.3) is 11.1 Å². The Balaban J connectivity index is 2.32. The van der Waals surface area contributed by atoms with Crippen LogP contribution in [0.5, 0.6) is 0 Å². The van der Waals surface area contributed by atoms with Crippen molar-refractivity contribution in [3.63, 3.8) is 0 Å². The van der Waals surface area contributed by atoms with Gasteiger partial charge in [-0.1, -0.05) is 18.2 Å². The van der Waals surface area contributed by atoms with E-state index >= 15 is 0 Å². The van der Waals surface area contributed by atoms with Crippen LogP contribution in [0.4, 0.5) is 6.01 Å². The number of nitrogens with one attached hydrogen (secondary N) is 1. The smallest absolute Gasteiger partial charge is 0.295 e. The lowest BCUT2D eigenvalue weighted by molar-refractivity contribution is 0.618. The van der Waals surface area contributed by atoms with Crippen LogP contribution in [0, 0.1) is 0 Å². The molecule has 0 bridgehead atoms. The highest BCUT2D eigenvalue weighted by Gasteiger charge is 2.01. The highest BCUT2D eigenvalue weighted by atomic mass is 16.4. The third kappa shape index (κ3) is 1.54. The number of aromatic nitrogens is 1. The minimum atomic E-state index is 0.543. The van der Waals surface area contributed by atoms with Crippen molar-refractivity contribution in [1.82, 2.24) is 4.98 Å². The molecule has 2 rings (SSSR count).